The van der Waals surface area contributed by atoms with Crippen LogP contribution < -0.4 is 15.7 Å². The summed E-state index contributed by atoms with van der Waals surface area (Å²) in [7, 11) is 3.06. The second-order valence-electron chi connectivity index (χ2n) is 7.30. The van der Waals surface area contributed by atoms with Gasteiger partial charge in [-0.2, -0.15) is 0 Å². The van der Waals surface area contributed by atoms with Gasteiger partial charge in [0.2, 0.25) is 0 Å². The van der Waals surface area contributed by atoms with E-state index in [9.17, 15) is 19.5 Å². The van der Waals surface area contributed by atoms with Crippen molar-refractivity contribution in [2.24, 2.45) is 7.05 Å². The third-order valence-corrected chi connectivity index (χ3v) is 5.24. The Morgan fingerprint density at radius 2 is 1.36 bits per heavy atom. The van der Waals surface area contributed by atoms with Gasteiger partial charge in [-0.05, 0) is 42.3 Å². The van der Waals surface area contributed by atoms with E-state index in [1.807, 2.05) is 12.1 Å². The van der Waals surface area contributed by atoms with Crippen LogP contribution in [0.5, 0.6) is 5.88 Å². The van der Waals surface area contributed by atoms with Crippen molar-refractivity contribution in [1.82, 2.24) is 14.4 Å². The lowest BCUT2D eigenvalue weighted by atomic mass is 10.2. The molecule has 2 amide bonds. The molecule has 166 valence electrons. The SMILES string of the molecule is CN1C(=O)C(=CC=CC=Cc2c([O-])n(C)n(-c3ccccc3)c2=O)C(=O)N1c1ccccc1. The number of para-hydroxylation sites is 2. The van der Waals surface area contributed by atoms with Crippen LogP contribution in [0.4, 0.5) is 5.69 Å². The number of hydrazine groups is 1. The molecule has 0 radical (unpaired) electrons. The van der Waals surface area contributed by atoms with Gasteiger partial charge >= 0.3 is 0 Å². The zero-order valence-electron chi connectivity index (χ0n) is 18.1. The highest BCUT2D eigenvalue weighted by molar-refractivity contribution is 6.29. The zero-order valence-corrected chi connectivity index (χ0v) is 18.1. The van der Waals surface area contributed by atoms with Crippen LogP contribution >= 0.6 is 0 Å². The molecular weight excluding hydrogens is 420 g/mol. The highest BCUT2D eigenvalue weighted by Crippen LogP contribution is 2.25. The molecular formula is C25H21N4O4-. The Labute approximate surface area is 190 Å². The first-order valence-electron chi connectivity index (χ1n) is 10.2. The van der Waals surface area contributed by atoms with Gasteiger partial charge in [0, 0.05) is 14.1 Å². The van der Waals surface area contributed by atoms with Crippen LogP contribution in [-0.4, -0.2) is 33.2 Å². The lowest BCUT2D eigenvalue weighted by Crippen LogP contribution is -2.37. The van der Waals surface area contributed by atoms with Crippen molar-refractivity contribution >= 4 is 23.6 Å². The van der Waals surface area contributed by atoms with Crippen LogP contribution in [-0.2, 0) is 16.6 Å². The maximum atomic E-state index is 12.7. The Hall–Kier alpha value is -4.59. The van der Waals surface area contributed by atoms with Crippen LogP contribution in [0.3, 0.4) is 0 Å². The Kier molecular flexibility index (Phi) is 5.82. The molecule has 8 heteroatoms. The molecule has 8 nitrogen and oxygen atoms in total. The van der Waals surface area contributed by atoms with Crippen molar-refractivity contribution in [2.45, 2.75) is 0 Å². The van der Waals surface area contributed by atoms with E-state index in [1.165, 1.54) is 57.8 Å². The maximum Gasteiger partial charge on any atom is 0.282 e. The summed E-state index contributed by atoms with van der Waals surface area (Å²) in [6, 6.07) is 17.8. The van der Waals surface area contributed by atoms with Crippen molar-refractivity contribution in [3.63, 3.8) is 0 Å². The molecule has 2 aromatic carbocycles. The summed E-state index contributed by atoms with van der Waals surface area (Å²) in [5.74, 6) is -1.28. The highest BCUT2D eigenvalue weighted by atomic mass is 16.3. The van der Waals surface area contributed by atoms with E-state index in [1.54, 1.807) is 54.6 Å². The summed E-state index contributed by atoms with van der Waals surface area (Å²) in [6.45, 7) is 0. The predicted molar refractivity (Wildman–Crippen MR) is 123 cm³/mol. The van der Waals surface area contributed by atoms with Gasteiger partial charge in [0.15, 0.2) is 0 Å². The fraction of sp³-hybridized carbons (Fsp3) is 0.0800. The topological polar surface area (TPSA) is 90.6 Å². The smallest absolute Gasteiger partial charge is 0.282 e. The van der Waals surface area contributed by atoms with Gasteiger partial charge in [0.25, 0.3) is 17.4 Å². The molecule has 0 saturated carbocycles. The van der Waals surface area contributed by atoms with Crippen molar-refractivity contribution < 1.29 is 14.7 Å². The second-order valence-corrected chi connectivity index (χ2v) is 7.30. The van der Waals surface area contributed by atoms with Crippen molar-refractivity contribution in [3.8, 4) is 11.6 Å². The Morgan fingerprint density at radius 3 is 2.00 bits per heavy atom. The van der Waals surface area contributed by atoms with E-state index in [-0.39, 0.29) is 11.1 Å². The normalized spacial score (nSPS) is 15.6. The van der Waals surface area contributed by atoms with E-state index in [0.29, 0.717) is 11.4 Å². The summed E-state index contributed by atoms with van der Waals surface area (Å²) in [4.78, 5) is 38.0. The third kappa shape index (κ3) is 3.89. The largest absolute Gasteiger partial charge is 0.858 e. The van der Waals surface area contributed by atoms with Gasteiger partial charge in [0.1, 0.15) is 5.57 Å². The van der Waals surface area contributed by atoms with Gasteiger partial charge in [-0.25, -0.2) is 14.7 Å². The van der Waals surface area contributed by atoms with Crippen LogP contribution in [0.2, 0.25) is 0 Å². The van der Waals surface area contributed by atoms with Gasteiger partial charge in [-0.1, -0.05) is 54.6 Å². The molecule has 2 heterocycles. The number of rotatable bonds is 5. The van der Waals surface area contributed by atoms with Crippen LogP contribution in [0.15, 0.2) is 95.3 Å². The quantitative estimate of drug-likeness (QED) is 0.345. The Morgan fingerprint density at radius 1 is 0.758 bits per heavy atom. The minimum Gasteiger partial charge on any atom is -0.858 e. The van der Waals surface area contributed by atoms with E-state index in [4.69, 9.17) is 0 Å². The minimum absolute atomic E-state index is 0.0154. The summed E-state index contributed by atoms with van der Waals surface area (Å²) < 4.78 is 2.56. The van der Waals surface area contributed by atoms with Crippen molar-refractivity contribution in [2.75, 3.05) is 12.1 Å². The fourth-order valence-electron chi connectivity index (χ4n) is 3.59. The van der Waals surface area contributed by atoms with E-state index in [0.717, 1.165) is 0 Å². The molecule has 1 aromatic heterocycles. The molecule has 1 fully saturated rings. The number of carbonyl (C=O) groups excluding carboxylic acids is 2. The molecule has 4 rings (SSSR count). The fourth-order valence-corrected chi connectivity index (χ4v) is 3.59. The van der Waals surface area contributed by atoms with Gasteiger partial charge in [0.05, 0.1) is 16.9 Å². The first-order valence-corrected chi connectivity index (χ1v) is 10.2. The molecule has 0 unspecified atom stereocenters. The monoisotopic (exact) mass is 441 g/mol. The molecule has 33 heavy (non-hydrogen) atoms. The number of benzene rings is 2. The summed E-state index contributed by atoms with van der Waals surface area (Å²) in [5, 5.41) is 15.1. The Balaban J connectivity index is 1.55. The first-order chi connectivity index (χ1) is 15.9. The number of allylic oxidation sites excluding steroid dienone is 4. The minimum atomic E-state index is -0.432. The maximum absolute atomic E-state index is 12.7. The first kappa shape index (κ1) is 21.6. The molecule has 1 aliphatic heterocycles. The number of carbonyl (C=O) groups is 2. The molecule has 0 atom stereocenters. The van der Waals surface area contributed by atoms with Gasteiger partial charge in [-0.3, -0.25) is 19.1 Å². The number of amides is 2. The Bertz CT molecular complexity index is 1350. The van der Waals surface area contributed by atoms with Gasteiger partial charge < -0.3 is 5.11 Å². The lowest BCUT2D eigenvalue weighted by Gasteiger charge is -2.22. The highest BCUT2D eigenvalue weighted by Gasteiger charge is 2.39. The average molecular weight is 441 g/mol. The molecule has 0 aliphatic carbocycles. The molecule has 0 spiro atoms. The molecule has 0 N–H and O–H groups in total. The number of nitrogens with zero attached hydrogens (tertiary/aromatic N) is 4. The van der Waals surface area contributed by atoms with E-state index in [2.05, 4.69) is 0 Å². The van der Waals surface area contributed by atoms with Crippen LogP contribution in [0.1, 0.15) is 5.56 Å². The number of hydrogen-bond acceptors (Lipinski definition) is 4. The molecule has 3 aromatic rings. The third-order valence-electron chi connectivity index (χ3n) is 5.24. The zero-order chi connectivity index (χ0) is 23.5. The number of likely N-dealkylation sites (N-methyl/N-ethyl adjacent to an activating group) is 1. The molecule has 1 aliphatic rings. The summed E-state index contributed by atoms with van der Waals surface area (Å²) >= 11 is 0. The number of aromatic nitrogens is 2. The average Bonchev–Trinajstić information content (AvgIpc) is 3.17. The van der Waals surface area contributed by atoms with Crippen LogP contribution in [0, 0.1) is 0 Å². The molecule has 1 saturated heterocycles. The van der Waals surface area contributed by atoms with Crippen molar-refractivity contribution in [3.05, 3.63) is 106 Å². The van der Waals surface area contributed by atoms with E-state index >= 15 is 0 Å². The standard InChI is InChI=1S/C25H22N4O4/c1-26-22(30)20(24(32)28(26)18-12-6-3-7-13-18)16-10-5-11-17-21-23(31)27(2)29(25(21)33)19-14-8-4-9-15-19/h3-17,30H,1-2H3/p-1. The second kappa shape index (κ2) is 8.88. The number of anilines is 1. The van der Waals surface area contributed by atoms with Gasteiger partial charge in [-0.15, -0.1) is 0 Å². The molecule has 0 bridgehead atoms. The number of hydrogen-bond donors (Lipinski definition) is 0. The van der Waals surface area contributed by atoms with Crippen molar-refractivity contribution in [1.29, 1.82) is 0 Å². The summed E-state index contributed by atoms with van der Waals surface area (Å²) in [6.07, 6.45) is 7.43. The van der Waals surface area contributed by atoms with Crippen LogP contribution in [0.25, 0.3) is 11.8 Å². The lowest BCUT2D eigenvalue weighted by molar-refractivity contribution is -0.279. The summed E-state index contributed by atoms with van der Waals surface area (Å²) in [5.41, 5.74) is 0.779. The predicted octanol–water partition coefficient (Wildman–Crippen LogP) is 2.17. The van der Waals surface area contributed by atoms with E-state index < -0.39 is 23.3 Å².